The van der Waals surface area contributed by atoms with Crippen molar-refractivity contribution >= 4 is 6.21 Å². The van der Waals surface area contributed by atoms with Gasteiger partial charge >= 0.3 is 6.18 Å². The fourth-order valence-electron chi connectivity index (χ4n) is 2.52. The molecule has 0 radical (unpaired) electrons. The van der Waals surface area contributed by atoms with Crippen LogP contribution in [0.5, 0.6) is 0 Å². The van der Waals surface area contributed by atoms with Gasteiger partial charge in [-0.25, -0.2) is 0 Å². The summed E-state index contributed by atoms with van der Waals surface area (Å²) in [5.41, 5.74) is 2.00. The van der Waals surface area contributed by atoms with Crippen molar-refractivity contribution in [2.45, 2.75) is 20.0 Å². The van der Waals surface area contributed by atoms with Gasteiger partial charge < -0.3 is 4.90 Å². The van der Waals surface area contributed by atoms with E-state index in [0.717, 1.165) is 55.0 Å². The first-order valence-corrected chi connectivity index (χ1v) is 8.44. The molecule has 0 aliphatic heterocycles. The van der Waals surface area contributed by atoms with E-state index >= 15 is 0 Å². The maximum atomic E-state index is 12.6. The molecule has 2 aromatic carbocycles. The topological polar surface area (TPSA) is 15.6 Å². The Labute approximate surface area is 147 Å². The van der Waals surface area contributed by atoms with Gasteiger partial charge in [-0.1, -0.05) is 50.2 Å². The van der Waals surface area contributed by atoms with Gasteiger partial charge in [-0.15, -0.1) is 0 Å². The Kier molecular flexibility index (Phi) is 6.76. The zero-order valence-electron chi connectivity index (χ0n) is 14.6. The van der Waals surface area contributed by atoms with Crippen LogP contribution in [0.4, 0.5) is 13.2 Å². The van der Waals surface area contributed by atoms with E-state index in [1.54, 1.807) is 0 Å². The molecule has 0 heterocycles. The summed E-state index contributed by atoms with van der Waals surface area (Å²) in [7, 11) is 0. The largest absolute Gasteiger partial charge is 0.416 e. The van der Waals surface area contributed by atoms with Crippen LogP contribution in [-0.2, 0) is 6.18 Å². The average Bonchev–Trinajstić information content (AvgIpc) is 2.62. The highest BCUT2D eigenvalue weighted by atomic mass is 19.4. The van der Waals surface area contributed by atoms with E-state index in [4.69, 9.17) is 0 Å². The van der Waals surface area contributed by atoms with Gasteiger partial charge in [0.15, 0.2) is 0 Å². The predicted molar refractivity (Wildman–Crippen MR) is 97.1 cm³/mol. The van der Waals surface area contributed by atoms with Gasteiger partial charge in [0, 0.05) is 12.8 Å². The predicted octanol–water partition coefficient (Wildman–Crippen LogP) is 5.13. The molecule has 0 saturated carbocycles. The second kappa shape index (κ2) is 8.81. The lowest BCUT2D eigenvalue weighted by atomic mass is 10.0. The molecule has 25 heavy (non-hydrogen) atoms. The molecule has 0 atom stereocenters. The van der Waals surface area contributed by atoms with Crippen LogP contribution in [0.25, 0.3) is 11.1 Å². The number of alkyl halides is 3. The zero-order chi connectivity index (χ0) is 18.3. The maximum Gasteiger partial charge on any atom is 0.416 e. The van der Waals surface area contributed by atoms with E-state index in [9.17, 15) is 13.2 Å². The van der Waals surface area contributed by atoms with Gasteiger partial charge in [-0.3, -0.25) is 4.99 Å². The summed E-state index contributed by atoms with van der Waals surface area (Å²) in [5, 5.41) is 0. The van der Waals surface area contributed by atoms with Crippen molar-refractivity contribution in [3.8, 4) is 11.1 Å². The van der Waals surface area contributed by atoms with E-state index in [-0.39, 0.29) is 0 Å². The van der Waals surface area contributed by atoms with Crippen LogP contribution in [0.15, 0.2) is 53.5 Å². The molecule has 2 aromatic rings. The highest BCUT2D eigenvalue weighted by molar-refractivity contribution is 5.81. The summed E-state index contributed by atoms with van der Waals surface area (Å²) in [5.74, 6) is 0. The lowest BCUT2D eigenvalue weighted by molar-refractivity contribution is -0.137. The highest BCUT2D eigenvalue weighted by Crippen LogP contribution is 2.30. The van der Waals surface area contributed by atoms with Gasteiger partial charge in [-0.2, -0.15) is 13.2 Å². The van der Waals surface area contributed by atoms with Gasteiger partial charge in [0.1, 0.15) is 0 Å². The highest BCUT2D eigenvalue weighted by Gasteiger charge is 2.29. The van der Waals surface area contributed by atoms with Crippen molar-refractivity contribution in [2.75, 3.05) is 26.2 Å². The van der Waals surface area contributed by atoms with Crippen molar-refractivity contribution in [1.29, 1.82) is 0 Å². The first kappa shape index (κ1) is 19.2. The molecule has 0 fully saturated rings. The molecule has 0 spiro atoms. The Morgan fingerprint density at radius 2 is 1.40 bits per heavy atom. The second-order valence-corrected chi connectivity index (χ2v) is 5.76. The third-order valence-corrected chi connectivity index (χ3v) is 4.14. The first-order chi connectivity index (χ1) is 11.9. The number of likely N-dealkylation sites (N-methyl/N-ethyl adjacent to an activating group) is 1. The molecular weight excluding hydrogens is 325 g/mol. The third-order valence-electron chi connectivity index (χ3n) is 4.14. The van der Waals surface area contributed by atoms with E-state index in [1.165, 1.54) is 12.1 Å². The second-order valence-electron chi connectivity index (χ2n) is 5.76. The minimum absolute atomic E-state index is 0.631. The van der Waals surface area contributed by atoms with Crippen LogP contribution >= 0.6 is 0 Å². The van der Waals surface area contributed by atoms with Crippen molar-refractivity contribution in [1.82, 2.24) is 4.90 Å². The molecule has 2 rings (SSSR count). The number of halogens is 3. The average molecular weight is 348 g/mol. The molecule has 134 valence electrons. The normalized spacial score (nSPS) is 12.2. The maximum absolute atomic E-state index is 12.6. The van der Waals surface area contributed by atoms with Gasteiger partial charge in [-0.05, 0) is 41.9 Å². The van der Waals surface area contributed by atoms with Crippen molar-refractivity contribution in [3.63, 3.8) is 0 Å². The number of hydrogen-bond donors (Lipinski definition) is 0. The molecule has 5 heteroatoms. The summed E-state index contributed by atoms with van der Waals surface area (Å²) in [6, 6.07) is 12.9. The summed E-state index contributed by atoms with van der Waals surface area (Å²) < 4.78 is 37.8. The smallest absolute Gasteiger partial charge is 0.302 e. The summed E-state index contributed by atoms with van der Waals surface area (Å²) >= 11 is 0. The minimum atomic E-state index is -4.30. The van der Waals surface area contributed by atoms with E-state index in [0.29, 0.717) is 0 Å². The molecular formula is C20H23F3N2. The monoisotopic (exact) mass is 348 g/mol. The van der Waals surface area contributed by atoms with Crippen LogP contribution < -0.4 is 0 Å². The zero-order valence-corrected chi connectivity index (χ0v) is 14.6. The van der Waals surface area contributed by atoms with Gasteiger partial charge in [0.25, 0.3) is 0 Å². The van der Waals surface area contributed by atoms with Crippen LogP contribution in [0, 0.1) is 0 Å². The Balaban J connectivity index is 1.97. The van der Waals surface area contributed by atoms with Crippen molar-refractivity contribution in [2.24, 2.45) is 4.99 Å². The Morgan fingerprint density at radius 3 is 1.88 bits per heavy atom. The number of aliphatic imine (C=N–C) groups is 1. The number of benzene rings is 2. The fourth-order valence-corrected chi connectivity index (χ4v) is 2.52. The number of nitrogens with zero attached hydrogens (tertiary/aromatic N) is 2. The minimum Gasteiger partial charge on any atom is -0.302 e. The Hall–Kier alpha value is -2.14. The van der Waals surface area contributed by atoms with E-state index in [1.807, 2.05) is 30.5 Å². The van der Waals surface area contributed by atoms with Gasteiger partial charge in [0.2, 0.25) is 0 Å². The van der Waals surface area contributed by atoms with E-state index in [2.05, 4.69) is 23.7 Å². The molecule has 0 aliphatic rings. The lowest BCUT2D eigenvalue weighted by Crippen LogP contribution is -2.25. The Bertz CT molecular complexity index is 670. The molecule has 2 nitrogen and oxygen atoms in total. The van der Waals surface area contributed by atoms with Gasteiger partial charge in [0.05, 0.1) is 12.1 Å². The van der Waals surface area contributed by atoms with Crippen LogP contribution in [0.3, 0.4) is 0 Å². The quantitative estimate of drug-likeness (QED) is 0.633. The van der Waals surface area contributed by atoms with Crippen LogP contribution in [-0.4, -0.2) is 37.3 Å². The van der Waals surface area contributed by atoms with Crippen molar-refractivity contribution < 1.29 is 13.2 Å². The van der Waals surface area contributed by atoms with Crippen molar-refractivity contribution in [3.05, 3.63) is 59.7 Å². The molecule has 0 bridgehead atoms. The first-order valence-electron chi connectivity index (χ1n) is 8.44. The molecule has 0 N–H and O–H groups in total. The summed E-state index contributed by atoms with van der Waals surface area (Å²) in [6.45, 7) is 8.00. The van der Waals surface area contributed by atoms with E-state index < -0.39 is 11.7 Å². The fraction of sp³-hybridized carbons (Fsp3) is 0.350. The Morgan fingerprint density at radius 1 is 0.880 bits per heavy atom. The molecule has 0 aromatic heterocycles. The molecule has 0 saturated heterocycles. The lowest BCUT2D eigenvalue weighted by Gasteiger charge is -2.15. The molecule has 0 aliphatic carbocycles. The standard InChI is InChI=1S/C20H23F3N2/c1-3-25(4-2)14-13-24-15-16-5-7-17(8-6-16)18-9-11-19(12-10-18)20(21,22)23/h5-12,15H,3-4,13-14H2,1-2H3/b24-15+. The molecule has 0 unspecified atom stereocenters. The van der Waals surface area contributed by atoms with Crippen LogP contribution in [0.1, 0.15) is 25.0 Å². The summed E-state index contributed by atoms with van der Waals surface area (Å²) in [6.07, 6.45) is -2.47. The number of rotatable bonds is 7. The SMILES string of the molecule is CCN(CC)CC/N=C/c1ccc(-c2ccc(C(F)(F)F)cc2)cc1. The molecule has 0 amide bonds. The number of hydrogen-bond acceptors (Lipinski definition) is 2. The summed E-state index contributed by atoms with van der Waals surface area (Å²) in [4.78, 5) is 6.74. The van der Waals surface area contributed by atoms with Crippen LogP contribution in [0.2, 0.25) is 0 Å². The third kappa shape index (κ3) is 5.71.